The molecule has 2 nitrogen and oxygen atoms in total. The molecule has 0 saturated carbocycles. The first-order valence-electron chi connectivity index (χ1n) is 3.72. The standard InChI is InChI=1S/C8H12O2/c1-2-4-8(3-1)5-9-7-10-6-8/h1-2H,3-7H2. The van der Waals surface area contributed by atoms with Crippen LogP contribution in [0.4, 0.5) is 0 Å². The highest BCUT2D eigenvalue weighted by molar-refractivity contribution is 5.03. The molecule has 0 amide bonds. The molecule has 1 fully saturated rings. The molecule has 0 unspecified atom stereocenters. The summed E-state index contributed by atoms with van der Waals surface area (Å²) < 4.78 is 10.5. The Morgan fingerprint density at radius 2 is 1.60 bits per heavy atom. The van der Waals surface area contributed by atoms with Gasteiger partial charge in [-0.05, 0) is 12.8 Å². The van der Waals surface area contributed by atoms with Crippen molar-refractivity contribution in [3.63, 3.8) is 0 Å². The van der Waals surface area contributed by atoms with Crippen LogP contribution in [-0.2, 0) is 9.47 Å². The molecule has 0 aromatic carbocycles. The Bertz CT molecular complexity index is 135. The van der Waals surface area contributed by atoms with E-state index < -0.39 is 0 Å². The van der Waals surface area contributed by atoms with Crippen molar-refractivity contribution in [1.82, 2.24) is 0 Å². The number of allylic oxidation sites excluding steroid dienone is 2. The van der Waals surface area contributed by atoms with Crippen molar-refractivity contribution in [3.05, 3.63) is 12.2 Å². The van der Waals surface area contributed by atoms with E-state index in [1.165, 1.54) is 0 Å². The van der Waals surface area contributed by atoms with E-state index in [9.17, 15) is 0 Å². The fourth-order valence-corrected chi connectivity index (χ4v) is 1.60. The second kappa shape index (κ2) is 2.36. The first kappa shape index (κ1) is 6.38. The topological polar surface area (TPSA) is 18.5 Å². The van der Waals surface area contributed by atoms with Gasteiger partial charge in [0.05, 0.1) is 13.2 Å². The molecule has 0 radical (unpaired) electrons. The predicted octanol–water partition coefficient (Wildman–Crippen LogP) is 1.33. The third-order valence-corrected chi connectivity index (χ3v) is 2.25. The number of ether oxygens (including phenoxy) is 2. The Morgan fingerprint density at radius 1 is 1.00 bits per heavy atom. The summed E-state index contributed by atoms with van der Waals surface area (Å²) in [5.74, 6) is 0. The fourth-order valence-electron chi connectivity index (χ4n) is 1.60. The van der Waals surface area contributed by atoms with E-state index in [-0.39, 0.29) is 0 Å². The van der Waals surface area contributed by atoms with Crippen molar-refractivity contribution in [2.24, 2.45) is 5.41 Å². The van der Waals surface area contributed by atoms with Gasteiger partial charge >= 0.3 is 0 Å². The molecular formula is C8H12O2. The van der Waals surface area contributed by atoms with Gasteiger partial charge in [-0.2, -0.15) is 0 Å². The van der Waals surface area contributed by atoms with Gasteiger partial charge in [0.15, 0.2) is 0 Å². The average molecular weight is 140 g/mol. The molecule has 0 aromatic rings. The van der Waals surface area contributed by atoms with Crippen LogP contribution in [0.2, 0.25) is 0 Å². The van der Waals surface area contributed by atoms with Crippen LogP contribution >= 0.6 is 0 Å². The van der Waals surface area contributed by atoms with Crippen molar-refractivity contribution in [2.75, 3.05) is 20.0 Å². The SMILES string of the molecule is C1=CCC2(C1)COCOC2. The van der Waals surface area contributed by atoms with Crippen LogP contribution in [0.15, 0.2) is 12.2 Å². The minimum Gasteiger partial charge on any atom is -0.355 e. The van der Waals surface area contributed by atoms with E-state index in [0.717, 1.165) is 26.1 Å². The average Bonchev–Trinajstić information content (AvgIpc) is 2.39. The fraction of sp³-hybridized carbons (Fsp3) is 0.750. The summed E-state index contributed by atoms with van der Waals surface area (Å²) in [5, 5.41) is 0. The van der Waals surface area contributed by atoms with E-state index in [1.807, 2.05) is 0 Å². The van der Waals surface area contributed by atoms with Crippen LogP contribution in [0.25, 0.3) is 0 Å². The highest BCUT2D eigenvalue weighted by atomic mass is 16.7. The third-order valence-electron chi connectivity index (χ3n) is 2.25. The highest BCUT2D eigenvalue weighted by Crippen LogP contribution is 2.35. The summed E-state index contributed by atoms with van der Waals surface area (Å²) in [5.41, 5.74) is 0.318. The number of hydrogen-bond donors (Lipinski definition) is 0. The van der Waals surface area contributed by atoms with Gasteiger partial charge in [0.2, 0.25) is 0 Å². The van der Waals surface area contributed by atoms with Crippen molar-refractivity contribution in [3.8, 4) is 0 Å². The molecule has 0 aromatic heterocycles. The molecule has 2 aliphatic rings. The zero-order valence-electron chi connectivity index (χ0n) is 6.01. The summed E-state index contributed by atoms with van der Waals surface area (Å²) in [4.78, 5) is 0. The molecule has 1 aliphatic heterocycles. The van der Waals surface area contributed by atoms with Crippen molar-refractivity contribution >= 4 is 0 Å². The van der Waals surface area contributed by atoms with E-state index in [4.69, 9.17) is 9.47 Å². The summed E-state index contributed by atoms with van der Waals surface area (Å²) in [6, 6.07) is 0. The Morgan fingerprint density at radius 3 is 2.20 bits per heavy atom. The Balaban J connectivity index is 2.00. The van der Waals surface area contributed by atoms with Crippen LogP contribution in [-0.4, -0.2) is 20.0 Å². The van der Waals surface area contributed by atoms with Gasteiger partial charge in [-0.1, -0.05) is 12.2 Å². The van der Waals surface area contributed by atoms with E-state index in [2.05, 4.69) is 12.2 Å². The maximum absolute atomic E-state index is 5.24. The highest BCUT2D eigenvalue weighted by Gasteiger charge is 2.33. The second-order valence-corrected chi connectivity index (χ2v) is 3.19. The first-order chi connectivity index (χ1) is 4.91. The molecule has 1 heterocycles. The quantitative estimate of drug-likeness (QED) is 0.472. The Kier molecular flexibility index (Phi) is 1.51. The molecule has 1 saturated heterocycles. The summed E-state index contributed by atoms with van der Waals surface area (Å²) >= 11 is 0. The zero-order chi connectivity index (χ0) is 6.86. The summed E-state index contributed by atoms with van der Waals surface area (Å²) in [6.07, 6.45) is 6.70. The molecule has 56 valence electrons. The van der Waals surface area contributed by atoms with Gasteiger partial charge in [-0.15, -0.1) is 0 Å². The molecule has 0 N–H and O–H groups in total. The number of hydrogen-bond acceptors (Lipinski definition) is 2. The van der Waals surface area contributed by atoms with E-state index in [0.29, 0.717) is 12.2 Å². The lowest BCUT2D eigenvalue weighted by Crippen LogP contribution is -2.35. The van der Waals surface area contributed by atoms with Crippen molar-refractivity contribution in [1.29, 1.82) is 0 Å². The monoisotopic (exact) mass is 140 g/mol. The van der Waals surface area contributed by atoms with Gasteiger partial charge in [0.25, 0.3) is 0 Å². The molecule has 2 rings (SSSR count). The lowest BCUT2D eigenvalue weighted by molar-refractivity contribution is -0.160. The first-order valence-corrected chi connectivity index (χ1v) is 3.72. The third kappa shape index (κ3) is 0.976. The minimum absolute atomic E-state index is 0.318. The van der Waals surface area contributed by atoms with Crippen LogP contribution in [0, 0.1) is 5.41 Å². The van der Waals surface area contributed by atoms with E-state index in [1.54, 1.807) is 0 Å². The van der Waals surface area contributed by atoms with Crippen LogP contribution in [0.5, 0.6) is 0 Å². The molecular weight excluding hydrogens is 128 g/mol. The largest absolute Gasteiger partial charge is 0.355 e. The van der Waals surface area contributed by atoms with Crippen LogP contribution in [0.3, 0.4) is 0 Å². The lowest BCUT2D eigenvalue weighted by Gasteiger charge is -2.32. The Hall–Kier alpha value is -0.340. The molecule has 1 aliphatic carbocycles. The molecule has 1 spiro atoms. The molecule has 10 heavy (non-hydrogen) atoms. The van der Waals surface area contributed by atoms with Crippen LogP contribution in [0.1, 0.15) is 12.8 Å². The Labute approximate surface area is 60.8 Å². The molecule has 2 heteroatoms. The van der Waals surface area contributed by atoms with Crippen LogP contribution < -0.4 is 0 Å². The summed E-state index contributed by atoms with van der Waals surface area (Å²) in [7, 11) is 0. The molecule has 0 bridgehead atoms. The minimum atomic E-state index is 0.318. The maximum atomic E-state index is 5.24. The number of rotatable bonds is 0. The predicted molar refractivity (Wildman–Crippen MR) is 37.6 cm³/mol. The normalized spacial score (nSPS) is 29.6. The van der Waals surface area contributed by atoms with Crippen molar-refractivity contribution < 1.29 is 9.47 Å². The lowest BCUT2D eigenvalue weighted by atomic mass is 9.87. The van der Waals surface area contributed by atoms with Gasteiger partial charge in [-0.3, -0.25) is 0 Å². The maximum Gasteiger partial charge on any atom is 0.146 e. The summed E-state index contributed by atoms with van der Waals surface area (Å²) in [6.45, 7) is 2.24. The smallest absolute Gasteiger partial charge is 0.146 e. The van der Waals surface area contributed by atoms with Crippen molar-refractivity contribution in [2.45, 2.75) is 12.8 Å². The van der Waals surface area contributed by atoms with Gasteiger partial charge in [-0.25, -0.2) is 0 Å². The van der Waals surface area contributed by atoms with Gasteiger partial charge < -0.3 is 9.47 Å². The second-order valence-electron chi connectivity index (χ2n) is 3.19. The molecule has 0 atom stereocenters. The van der Waals surface area contributed by atoms with Gasteiger partial charge in [0, 0.05) is 5.41 Å². The zero-order valence-corrected chi connectivity index (χ0v) is 6.01. The van der Waals surface area contributed by atoms with E-state index >= 15 is 0 Å². The van der Waals surface area contributed by atoms with Gasteiger partial charge in [0.1, 0.15) is 6.79 Å².